The van der Waals surface area contributed by atoms with Gasteiger partial charge >= 0.3 is 0 Å². The fraction of sp³-hybridized carbons (Fsp3) is 0.231. The molecule has 18 heavy (non-hydrogen) atoms. The maximum atomic E-state index is 8.73. The van der Waals surface area contributed by atoms with Gasteiger partial charge in [-0.25, -0.2) is 9.67 Å². The summed E-state index contributed by atoms with van der Waals surface area (Å²) in [5, 5.41) is 13.6. The average Bonchev–Trinajstić information content (AvgIpc) is 2.80. The van der Waals surface area contributed by atoms with E-state index in [1.54, 1.807) is 22.8 Å². The summed E-state index contributed by atoms with van der Waals surface area (Å²) in [5.41, 5.74) is 2.08. The van der Waals surface area contributed by atoms with Gasteiger partial charge in [-0.1, -0.05) is 41.8 Å². The van der Waals surface area contributed by atoms with Crippen LogP contribution in [0.3, 0.4) is 0 Å². The topological polar surface area (TPSA) is 50.9 Å². The van der Waals surface area contributed by atoms with Crippen molar-refractivity contribution in [1.29, 1.82) is 0 Å². The fourth-order valence-corrected chi connectivity index (χ4v) is 2.35. The number of hydrogen-bond acceptors (Lipinski definition) is 4. The SMILES string of the molecule is Cn1ncnc1SCc1ccccc1C#CCO. The minimum absolute atomic E-state index is 0.120. The monoisotopic (exact) mass is 259 g/mol. The molecule has 0 spiro atoms. The van der Waals surface area contributed by atoms with E-state index in [1.165, 1.54) is 0 Å². The average molecular weight is 259 g/mol. The van der Waals surface area contributed by atoms with E-state index in [9.17, 15) is 0 Å². The molecule has 4 nitrogen and oxygen atoms in total. The number of aryl methyl sites for hydroxylation is 1. The molecule has 0 aliphatic heterocycles. The lowest BCUT2D eigenvalue weighted by molar-refractivity contribution is 0.350. The van der Waals surface area contributed by atoms with Crippen LogP contribution in [0.5, 0.6) is 0 Å². The van der Waals surface area contributed by atoms with Crippen LogP contribution in [0.1, 0.15) is 11.1 Å². The number of aromatic nitrogens is 3. The van der Waals surface area contributed by atoms with E-state index in [1.807, 2.05) is 31.3 Å². The molecule has 0 saturated heterocycles. The summed E-state index contributed by atoms with van der Waals surface area (Å²) in [6, 6.07) is 7.91. The second-order valence-electron chi connectivity index (χ2n) is 3.57. The van der Waals surface area contributed by atoms with Gasteiger partial charge in [-0.3, -0.25) is 0 Å². The minimum atomic E-state index is -0.120. The Morgan fingerprint density at radius 3 is 2.94 bits per heavy atom. The van der Waals surface area contributed by atoms with Crippen molar-refractivity contribution in [3.05, 3.63) is 41.7 Å². The quantitative estimate of drug-likeness (QED) is 0.669. The zero-order valence-corrected chi connectivity index (χ0v) is 10.8. The summed E-state index contributed by atoms with van der Waals surface area (Å²) in [4.78, 5) is 4.16. The van der Waals surface area contributed by atoms with Gasteiger partial charge in [0.15, 0.2) is 5.16 Å². The van der Waals surface area contributed by atoms with Gasteiger partial charge in [-0.2, -0.15) is 5.10 Å². The molecule has 0 atom stereocenters. The first-order chi connectivity index (χ1) is 8.81. The zero-order chi connectivity index (χ0) is 12.8. The molecule has 1 aromatic heterocycles. The third-order valence-electron chi connectivity index (χ3n) is 2.35. The van der Waals surface area contributed by atoms with Gasteiger partial charge < -0.3 is 5.11 Å². The Morgan fingerprint density at radius 2 is 2.22 bits per heavy atom. The number of aliphatic hydroxyl groups is 1. The summed E-state index contributed by atoms with van der Waals surface area (Å²) in [5.74, 6) is 6.40. The van der Waals surface area contributed by atoms with Crippen LogP contribution in [-0.4, -0.2) is 26.5 Å². The third-order valence-corrected chi connectivity index (χ3v) is 3.43. The van der Waals surface area contributed by atoms with Crippen molar-refractivity contribution >= 4 is 11.8 Å². The van der Waals surface area contributed by atoms with E-state index in [0.29, 0.717) is 0 Å². The van der Waals surface area contributed by atoms with E-state index in [0.717, 1.165) is 22.0 Å². The highest BCUT2D eigenvalue weighted by molar-refractivity contribution is 7.98. The predicted molar refractivity (Wildman–Crippen MR) is 71.0 cm³/mol. The first kappa shape index (κ1) is 12.7. The molecule has 0 bridgehead atoms. The maximum absolute atomic E-state index is 8.73. The molecule has 0 amide bonds. The molecule has 92 valence electrons. The lowest BCUT2D eigenvalue weighted by Crippen LogP contribution is -1.94. The zero-order valence-electron chi connectivity index (χ0n) is 10.00. The van der Waals surface area contributed by atoms with Gasteiger partial charge in [0.1, 0.15) is 12.9 Å². The molecule has 2 rings (SSSR count). The normalized spacial score (nSPS) is 9.89. The van der Waals surface area contributed by atoms with Crippen LogP contribution in [0.15, 0.2) is 35.7 Å². The summed E-state index contributed by atoms with van der Waals surface area (Å²) in [6.45, 7) is -0.120. The number of thioether (sulfide) groups is 1. The Balaban J connectivity index is 2.12. The molecule has 0 aliphatic rings. The first-order valence-electron chi connectivity index (χ1n) is 5.45. The van der Waals surface area contributed by atoms with Crippen LogP contribution in [0.2, 0.25) is 0 Å². The predicted octanol–water partition coefficient (Wildman–Crippen LogP) is 1.45. The van der Waals surface area contributed by atoms with E-state index in [-0.39, 0.29) is 6.61 Å². The highest BCUT2D eigenvalue weighted by Gasteiger charge is 2.04. The minimum Gasteiger partial charge on any atom is -0.384 e. The van der Waals surface area contributed by atoms with E-state index in [4.69, 9.17) is 5.11 Å². The van der Waals surface area contributed by atoms with Crippen LogP contribution < -0.4 is 0 Å². The van der Waals surface area contributed by atoms with Crippen LogP contribution in [0, 0.1) is 11.8 Å². The van der Waals surface area contributed by atoms with Crippen molar-refractivity contribution in [2.75, 3.05) is 6.61 Å². The molecular weight excluding hydrogens is 246 g/mol. The summed E-state index contributed by atoms with van der Waals surface area (Å²) in [7, 11) is 1.87. The van der Waals surface area contributed by atoms with Gasteiger partial charge in [-0.15, -0.1) is 0 Å². The van der Waals surface area contributed by atoms with Crippen molar-refractivity contribution in [3.8, 4) is 11.8 Å². The lowest BCUT2D eigenvalue weighted by Gasteiger charge is -2.03. The molecule has 1 heterocycles. The van der Waals surface area contributed by atoms with Crippen LogP contribution in [0.25, 0.3) is 0 Å². The van der Waals surface area contributed by atoms with Crippen molar-refractivity contribution in [3.63, 3.8) is 0 Å². The number of hydrogen-bond donors (Lipinski definition) is 1. The van der Waals surface area contributed by atoms with E-state index >= 15 is 0 Å². The third kappa shape index (κ3) is 3.13. The molecule has 5 heteroatoms. The molecule has 0 radical (unpaired) electrons. The first-order valence-corrected chi connectivity index (χ1v) is 6.44. The van der Waals surface area contributed by atoms with Gasteiger partial charge in [-0.05, 0) is 11.6 Å². The van der Waals surface area contributed by atoms with Crippen LogP contribution in [-0.2, 0) is 12.8 Å². The van der Waals surface area contributed by atoms with E-state index in [2.05, 4.69) is 21.9 Å². The highest BCUT2D eigenvalue weighted by Crippen LogP contribution is 2.21. The molecular formula is C13H13N3OS. The second-order valence-corrected chi connectivity index (χ2v) is 4.51. The van der Waals surface area contributed by atoms with Crippen molar-refractivity contribution in [2.45, 2.75) is 10.9 Å². The van der Waals surface area contributed by atoms with Gasteiger partial charge in [0.05, 0.1) is 0 Å². The Kier molecular flexibility index (Phi) is 4.40. The molecule has 1 N–H and O–H groups in total. The van der Waals surface area contributed by atoms with Crippen molar-refractivity contribution < 1.29 is 5.11 Å². The van der Waals surface area contributed by atoms with Gasteiger partial charge in [0, 0.05) is 18.4 Å². The molecule has 0 aliphatic carbocycles. The van der Waals surface area contributed by atoms with Crippen LogP contribution >= 0.6 is 11.8 Å². The second kappa shape index (κ2) is 6.24. The lowest BCUT2D eigenvalue weighted by atomic mass is 10.1. The highest BCUT2D eigenvalue weighted by atomic mass is 32.2. The molecule has 1 aromatic carbocycles. The number of rotatable bonds is 3. The van der Waals surface area contributed by atoms with Gasteiger partial charge in [0.25, 0.3) is 0 Å². The largest absolute Gasteiger partial charge is 0.384 e. The number of aliphatic hydroxyl groups excluding tert-OH is 1. The number of nitrogens with zero attached hydrogens (tertiary/aromatic N) is 3. The maximum Gasteiger partial charge on any atom is 0.186 e. The Morgan fingerprint density at radius 1 is 1.39 bits per heavy atom. The van der Waals surface area contributed by atoms with Gasteiger partial charge in [0.2, 0.25) is 0 Å². The summed E-state index contributed by atoms with van der Waals surface area (Å²) < 4.78 is 1.74. The molecule has 0 saturated carbocycles. The smallest absolute Gasteiger partial charge is 0.186 e. The standard InChI is InChI=1S/C13H13N3OS/c1-16-13(14-10-15-16)18-9-12-6-3-2-5-11(12)7-4-8-17/h2-3,5-6,10,17H,8-9H2,1H3. The Bertz CT molecular complexity index is 583. The Hall–Kier alpha value is -1.77. The van der Waals surface area contributed by atoms with Crippen LogP contribution in [0.4, 0.5) is 0 Å². The summed E-state index contributed by atoms with van der Waals surface area (Å²) >= 11 is 1.61. The molecule has 0 fully saturated rings. The van der Waals surface area contributed by atoms with E-state index < -0.39 is 0 Å². The number of benzene rings is 1. The Labute approximate surface area is 110 Å². The fourth-order valence-electron chi connectivity index (χ4n) is 1.46. The molecule has 2 aromatic rings. The molecule has 0 unspecified atom stereocenters. The summed E-state index contributed by atoms with van der Waals surface area (Å²) in [6.07, 6.45) is 1.54. The van der Waals surface area contributed by atoms with Crippen molar-refractivity contribution in [1.82, 2.24) is 14.8 Å². The van der Waals surface area contributed by atoms with Crippen molar-refractivity contribution in [2.24, 2.45) is 7.05 Å².